The molecule has 0 fully saturated rings. The van der Waals surface area contributed by atoms with Gasteiger partial charge < -0.3 is 11.1 Å². The molecule has 9 heteroatoms. The number of carbonyl (C=O) groups excluding carboxylic acids is 1. The van der Waals surface area contributed by atoms with E-state index in [1.54, 1.807) is 43.6 Å². The van der Waals surface area contributed by atoms with Crippen molar-refractivity contribution in [2.75, 3.05) is 5.73 Å². The zero-order valence-electron chi connectivity index (χ0n) is 18.4. The van der Waals surface area contributed by atoms with Crippen molar-refractivity contribution in [1.29, 1.82) is 0 Å². The maximum atomic E-state index is 13.2. The number of nitrogens with two attached hydrogens (primary N) is 1. The van der Waals surface area contributed by atoms with Gasteiger partial charge in [0.2, 0.25) is 5.95 Å². The third-order valence-electron chi connectivity index (χ3n) is 5.09. The van der Waals surface area contributed by atoms with Gasteiger partial charge in [0.25, 0.3) is 5.91 Å². The van der Waals surface area contributed by atoms with Crippen LogP contribution in [0.1, 0.15) is 40.4 Å². The molecule has 0 aliphatic rings. The highest BCUT2D eigenvalue weighted by Gasteiger charge is 2.15. The highest BCUT2D eigenvalue weighted by molar-refractivity contribution is 5.92. The molecule has 0 aromatic carbocycles. The molecule has 33 heavy (non-hydrogen) atoms. The van der Waals surface area contributed by atoms with Crippen molar-refractivity contribution in [1.82, 2.24) is 30.2 Å². The quantitative estimate of drug-likeness (QED) is 0.450. The molecule has 0 aliphatic carbocycles. The van der Waals surface area contributed by atoms with Gasteiger partial charge in [-0.05, 0) is 56.7 Å². The summed E-state index contributed by atoms with van der Waals surface area (Å²) in [5, 5.41) is 2.91. The van der Waals surface area contributed by atoms with E-state index in [1.165, 1.54) is 6.07 Å². The lowest BCUT2D eigenvalue weighted by atomic mass is 10.1. The van der Waals surface area contributed by atoms with Crippen LogP contribution in [0, 0.1) is 19.8 Å². The van der Waals surface area contributed by atoms with Crippen molar-refractivity contribution in [3.05, 3.63) is 83.5 Å². The summed E-state index contributed by atoms with van der Waals surface area (Å²) < 4.78 is 13.2. The first-order valence-corrected chi connectivity index (χ1v) is 10.3. The fourth-order valence-corrected chi connectivity index (χ4v) is 3.36. The smallest absolute Gasteiger partial charge is 0.270 e. The first-order chi connectivity index (χ1) is 15.8. The van der Waals surface area contributed by atoms with Crippen LogP contribution in [-0.2, 0) is 0 Å². The maximum Gasteiger partial charge on any atom is 0.270 e. The molecule has 0 saturated heterocycles. The predicted molar refractivity (Wildman–Crippen MR) is 122 cm³/mol. The van der Waals surface area contributed by atoms with Crippen LogP contribution >= 0.6 is 0 Å². The fraction of sp³-hybridized carbons (Fsp3) is 0.167. The second kappa shape index (κ2) is 9.07. The van der Waals surface area contributed by atoms with E-state index in [0.717, 1.165) is 16.8 Å². The SMILES string of the molecule is Cc1cc(N)nc(-c2ccc(C(=O)NC(C)c3ccc(-c4ccc(F)nc4C)nc3)nc2)n1. The van der Waals surface area contributed by atoms with Crippen LogP contribution in [0.25, 0.3) is 22.6 Å². The van der Waals surface area contributed by atoms with E-state index >= 15 is 0 Å². The number of hydrogen-bond donors (Lipinski definition) is 2. The number of nitrogens with one attached hydrogen (secondary N) is 1. The van der Waals surface area contributed by atoms with Gasteiger partial charge in [0.1, 0.15) is 11.5 Å². The van der Waals surface area contributed by atoms with Gasteiger partial charge in [0, 0.05) is 41.0 Å². The van der Waals surface area contributed by atoms with Crippen molar-refractivity contribution in [3.8, 4) is 22.6 Å². The van der Waals surface area contributed by atoms with E-state index < -0.39 is 5.95 Å². The summed E-state index contributed by atoms with van der Waals surface area (Å²) in [6.07, 6.45) is 3.22. The van der Waals surface area contributed by atoms with E-state index in [2.05, 4.69) is 30.2 Å². The van der Waals surface area contributed by atoms with Gasteiger partial charge in [-0.25, -0.2) is 15.0 Å². The number of nitrogen functional groups attached to an aromatic ring is 1. The van der Waals surface area contributed by atoms with Gasteiger partial charge in [0.05, 0.1) is 11.7 Å². The van der Waals surface area contributed by atoms with Crippen molar-refractivity contribution in [2.24, 2.45) is 0 Å². The normalized spacial score (nSPS) is 11.8. The molecule has 4 aromatic heterocycles. The van der Waals surface area contributed by atoms with Gasteiger partial charge in [0.15, 0.2) is 5.82 Å². The lowest BCUT2D eigenvalue weighted by Crippen LogP contribution is -2.27. The Morgan fingerprint density at radius 1 is 1.00 bits per heavy atom. The average molecular weight is 443 g/mol. The standard InChI is InChI=1S/C24H22FN7O/c1-13-10-22(26)32-23(29-13)17-5-8-20(28-12-17)24(33)31-14(2)16-4-7-19(27-11-16)18-6-9-21(25)30-15(18)3/h4-12,14H,1-3H3,(H,31,33)(H2,26,29,32). The Morgan fingerprint density at radius 2 is 1.82 bits per heavy atom. The number of aromatic nitrogens is 5. The molecule has 0 bridgehead atoms. The first-order valence-electron chi connectivity index (χ1n) is 10.3. The average Bonchev–Trinajstić information content (AvgIpc) is 2.78. The van der Waals surface area contributed by atoms with Gasteiger partial charge in [-0.15, -0.1) is 0 Å². The summed E-state index contributed by atoms with van der Waals surface area (Å²) >= 11 is 0. The zero-order valence-corrected chi connectivity index (χ0v) is 18.4. The molecule has 1 unspecified atom stereocenters. The Kier molecular flexibility index (Phi) is 6.03. The molecule has 0 spiro atoms. The van der Waals surface area contributed by atoms with Crippen molar-refractivity contribution < 1.29 is 9.18 Å². The Balaban J connectivity index is 1.45. The van der Waals surface area contributed by atoms with Gasteiger partial charge in [-0.2, -0.15) is 4.39 Å². The van der Waals surface area contributed by atoms with Crippen molar-refractivity contribution in [3.63, 3.8) is 0 Å². The Morgan fingerprint density at radius 3 is 2.45 bits per heavy atom. The largest absolute Gasteiger partial charge is 0.384 e. The van der Waals surface area contributed by atoms with Gasteiger partial charge in [-0.3, -0.25) is 14.8 Å². The Bertz CT molecular complexity index is 1290. The summed E-state index contributed by atoms with van der Waals surface area (Å²) in [6, 6.07) is 11.4. The molecular formula is C24H22FN7O. The zero-order chi connectivity index (χ0) is 23.5. The van der Waals surface area contributed by atoms with Crippen LogP contribution in [-0.4, -0.2) is 30.8 Å². The molecule has 4 rings (SSSR count). The number of anilines is 1. The van der Waals surface area contributed by atoms with Crippen LogP contribution in [0.15, 0.2) is 54.9 Å². The van der Waals surface area contributed by atoms with Crippen molar-refractivity contribution in [2.45, 2.75) is 26.8 Å². The first kappa shape index (κ1) is 21.9. The number of hydrogen-bond acceptors (Lipinski definition) is 7. The van der Waals surface area contributed by atoms with E-state index in [4.69, 9.17) is 5.73 Å². The van der Waals surface area contributed by atoms with Gasteiger partial charge >= 0.3 is 0 Å². The minimum Gasteiger partial charge on any atom is -0.384 e. The van der Waals surface area contributed by atoms with Crippen molar-refractivity contribution >= 4 is 11.7 Å². The monoisotopic (exact) mass is 443 g/mol. The van der Waals surface area contributed by atoms with Crippen LogP contribution in [0.5, 0.6) is 0 Å². The lowest BCUT2D eigenvalue weighted by molar-refractivity contribution is 0.0935. The second-order valence-corrected chi connectivity index (χ2v) is 7.63. The van der Waals surface area contributed by atoms with Crippen LogP contribution < -0.4 is 11.1 Å². The maximum absolute atomic E-state index is 13.2. The third kappa shape index (κ3) is 4.98. The molecule has 4 aromatic rings. The molecular weight excluding hydrogens is 421 g/mol. The molecule has 8 nitrogen and oxygen atoms in total. The summed E-state index contributed by atoms with van der Waals surface area (Å²) in [5.74, 6) is -0.0144. The van der Waals surface area contributed by atoms with Crippen LogP contribution in [0.2, 0.25) is 0 Å². The number of carbonyl (C=O) groups is 1. The second-order valence-electron chi connectivity index (χ2n) is 7.63. The Labute approximate surface area is 190 Å². The minimum absolute atomic E-state index is 0.267. The number of nitrogens with zero attached hydrogens (tertiary/aromatic N) is 5. The minimum atomic E-state index is -0.526. The predicted octanol–water partition coefficient (Wildman–Crippen LogP) is 3.82. The Hall–Kier alpha value is -4.27. The van der Waals surface area contributed by atoms with E-state index in [9.17, 15) is 9.18 Å². The molecule has 1 atom stereocenters. The number of rotatable bonds is 5. The molecule has 0 saturated carbocycles. The topological polar surface area (TPSA) is 120 Å². The highest BCUT2D eigenvalue weighted by atomic mass is 19.1. The number of halogens is 1. The number of pyridine rings is 3. The lowest BCUT2D eigenvalue weighted by Gasteiger charge is -2.14. The van der Waals surface area contributed by atoms with E-state index in [1.807, 2.05) is 26.0 Å². The number of aryl methyl sites for hydroxylation is 2. The molecule has 3 N–H and O–H groups in total. The van der Waals surface area contributed by atoms with Gasteiger partial charge in [-0.1, -0.05) is 6.07 Å². The van der Waals surface area contributed by atoms with E-state index in [-0.39, 0.29) is 17.6 Å². The highest BCUT2D eigenvalue weighted by Crippen LogP contribution is 2.22. The number of amides is 1. The summed E-state index contributed by atoms with van der Waals surface area (Å²) in [5.41, 5.74) is 10.3. The molecule has 0 radical (unpaired) electrons. The van der Waals surface area contributed by atoms with Crippen LogP contribution in [0.4, 0.5) is 10.2 Å². The molecule has 4 heterocycles. The fourth-order valence-electron chi connectivity index (χ4n) is 3.36. The molecule has 166 valence electrons. The third-order valence-corrected chi connectivity index (χ3v) is 5.09. The summed E-state index contributed by atoms with van der Waals surface area (Å²) in [4.78, 5) is 33.7. The van der Waals surface area contributed by atoms with E-state index in [0.29, 0.717) is 28.6 Å². The summed E-state index contributed by atoms with van der Waals surface area (Å²) in [6.45, 7) is 5.42. The summed E-state index contributed by atoms with van der Waals surface area (Å²) in [7, 11) is 0. The molecule has 0 aliphatic heterocycles. The van der Waals surface area contributed by atoms with Crippen LogP contribution in [0.3, 0.4) is 0 Å². The molecule has 1 amide bonds.